The lowest BCUT2D eigenvalue weighted by Crippen LogP contribution is -2.38. The quantitative estimate of drug-likeness (QED) is 0.291. The van der Waals surface area contributed by atoms with Gasteiger partial charge >= 0.3 is 0 Å². The Balaban J connectivity index is 0.00000400. The summed E-state index contributed by atoms with van der Waals surface area (Å²) in [5.41, 5.74) is 1.22. The van der Waals surface area contributed by atoms with Crippen LogP contribution in [-0.4, -0.2) is 39.3 Å². The Labute approximate surface area is 149 Å². The van der Waals surface area contributed by atoms with Gasteiger partial charge in [-0.3, -0.25) is 4.99 Å². The minimum atomic E-state index is 0. The van der Waals surface area contributed by atoms with Crippen molar-refractivity contribution in [2.24, 2.45) is 4.99 Å². The Hall–Kier alpha value is -0.530. The normalized spacial score (nSPS) is 10.9. The van der Waals surface area contributed by atoms with Gasteiger partial charge in [-0.05, 0) is 37.5 Å². The van der Waals surface area contributed by atoms with Gasteiger partial charge in [0.05, 0.1) is 0 Å². The number of nitrogens with one attached hydrogen (secondary N) is 2. The van der Waals surface area contributed by atoms with E-state index in [1.54, 1.807) is 7.11 Å². The molecule has 0 saturated carbocycles. The SMILES string of the molecule is CCNC(=NCCCOC)NCCc1cccc(Cl)c1.I. The van der Waals surface area contributed by atoms with E-state index in [1.165, 1.54) is 5.56 Å². The largest absolute Gasteiger partial charge is 0.385 e. The monoisotopic (exact) mass is 425 g/mol. The maximum Gasteiger partial charge on any atom is 0.191 e. The molecule has 0 aromatic heterocycles. The molecule has 0 aliphatic rings. The molecular formula is C15H25ClIN3O. The number of rotatable bonds is 8. The van der Waals surface area contributed by atoms with E-state index in [0.717, 1.165) is 50.1 Å². The third-order valence-corrected chi connectivity index (χ3v) is 2.95. The minimum absolute atomic E-state index is 0. The second kappa shape index (κ2) is 13.2. The third-order valence-electron chi connectivity index (χ3n) is 2.72. The molecule has 0 bridgehead atoms. The lowest BCUT2D eigenvalue weighted by atomic mass is 10.1. The summed E-state index contributed by atoms with van der Waals surface area (Å²) >= 11 is 5.97. The molecule has 1 aromatic carbocycles. The summed E-state index contributed by atoms with van der Waals surface area (Å²) < 4.78 is 5.01. The summed E-state index contributed by atoms with van der Waals surface area (Å²) in [6, 6.07) is 7.93. The maximum absolute atomic E-state index is 5.97. The van der Waals surface area contributed by atoms with E-state index >= 15 is 0 Å². The van der Waals surface area contributed by atoms with Crippen molar-refractivity contribution in [2.75, 3.05) is 33.4 Å². The molecular weight excluding hydrogens is 401 g/mol. The van der Waals surface area contributed by atoms with Gasteiger partial charge in [-0.15, -0.1) is 24.0 Å². The summed E-state index contributed by atoms with van der Waals surface area (Å²) in [5, 5.41) is 7.33. The predicted molar refractivity (Wildman–Crippen MR) is 101 cm³/mol. The van der Waals surface area contributed by atoms with Crippen LogP contribution < -0.4 is 10.6 Å². The molecule has 0 aliphatic heterocycles. The van der Waals surface area contributed by atoms with E-state index in [-0.39, 0.29) is 24.0 Å². The summed E-state index contributed by atoms with van der Waals surface area (Å²) in [5.74, 6) is 0.852. The zero-order valence-electron chi connectivity index (χ0n) is 12.7. The molecule has 0 spiro atoms. The Morgan fingerprint density at radius 1 is 1.33 bits per heavy atom. The van der Waals surface area contributed by atoms with Crippen molar-refractivity contribution >= 4 is 41.5 Å². The minimum Gasteiger partial charge on any atom is -0.385 e. The average molecular weight is 426 g/mol. The van der Waals surface area contributed by atoms with E-state index in [1.807, 2.05) is 18.2 Å². The lowest BCUT2D eigenvalue weighted by molar-refractivity contribution is 0.197. The van der Waals surface area contributed by atoms with Crippen LogP contribution in [0.25, 0.3) is 0 Å². The van der Waals surface area contributed by atoms with Gasteiger partial charge in [0.1, 0.15) is 0 Å². The van der Waals surface area contributed by atoms with E-state index in [9.17, 15) is 0 Å². The van der Waals surface area contributed by atoms with Crippen molar-refractivity contribution in [1.82, 2.24) is 10.6 Å². The molecule has 1 aromatic rings. The van der Waals surface area contributed by atoms with Gasteiger partial charge in [-0.2, -0.15) is 0 Å². The zero-order chi connectivity index (χ0) is 14.6. The van der Waals surface area contributed by atoms with Crippen molar-refractivity contribution in [2.45, 2.75) is 19.8 Å². The summed E-state index contributed by atoms with van der Waals surface area (Å²) in [7, 11) is 1.71. The predicted octanol–water partition coefficient (Wildman–Crippen LogP) is 3.09. The highest BCUT2D eigenvalue weighted by Gasteiger charge is 1.98. The van der Waals surface area contributed by atoms with Crippen molar-refractivity contribution in [3.05, 3.63) is 34.9 Å². The molecule has 1 rings (SSSR count). The van der Waals surface area contributed by atoms with Crippen LogP contribution in [-0.2, 0) is 11.2 Å². The second-order valence-corrected chi connectivity index (χ2v) is 4.85. The molecule has 2 N–H and O–H groups in total. The number of methoxy groups -OCH3 is 1. The topological polar surface area (TPSA) is 45.7 Å². The standard InChI is InChI=1S/C15H24ClN3O.HI/c1-3-17-15(18-9-5-11-20-2)19-10-8-13-6-4-7-14(16)12-13;/h4,6-7,12H,3,5,8-11H2,1-2H3,(H2,17,18,19);1H. The highest BCUT2D eigenvalue weighted by molar-refractivity contribution is 14.0. The number of hydrogen-bond donors (Lipinski definition) is 2. The fraction of sp³-hybridized carbons (Fsp3) is 0.533. The molecule has 0 unspecified atom stereocenters. The van der Waals surface area contributed by atoms with Gasteiger partial charge < -0.3 is 15.4 Å². The molecule has 0 radical (unpaired) electrons. The third kappa shape index (κ3) is 9.92. The van der Waals surface area contributed by atoms with E-state index < -0.39 is 0 Å². The number of ether oxygens (including phenoxy) is 1. The van der Waals surface area contributed by atoms with E-state index in [4.69, 9.17) is 16.3 Å². The van der Waals surface area contributed by atoms with Gasteiger partial charge in [0.2, 0.25) is 0 Å². The molecule has 120 valence electrons. The molecule has 0 amide bonds. The Bertz CT molecular complexity index is 416. The van der Waals surface area contributed by atoms with Crippen LogP contribution in [0.5, 0.6) is 0 Å². The molecule has 0 atom stereocenters. The smallest absolute Gasteiger partial charge is 0.191 e. The molecule has 0 heterocycles. The van der Waals surface area contributed by atoms with E-state index in [2.05, 4.69) is 28.6 Å². The van der Waals surface area contributed by atoms with Gasteiger partial charge in [0, 0.05) is 38.4 Å². The van der Waals surface area contributed by atoms with Crippen LogP contribution in [0.4, 0.5) is 0 Å². The van der Waals surface area contributed by atoms with Crippen LogP contribution in [0.1, 0.15) is 18.9 Å². The second-order valence-electron chi connectivity index (χ2n) is 4.41. The summed E-state index contributed by atoms with van der Waals surface area (Å²) in [6.07, 6.45) is 1.85. The number of hydrogen-bond acceptors (Lipinski definition) is 2. The summed E-state index contributed by atoms with van der Waals surface area (Å²) in [6.45, 7) is 5.25. The van der Waals surface area contributed by atoms with Gasteiger partial charge in [-0.25, -0.2) is 0 Å². The van der Waals surface area contributed by atoms with Crippen molar-refractivity contribution < 1.29 is 4.74 Å². The van der Waals surface area contributed by atoms with Gasteiger partial charge in [0.25, 0.3) is 0 Å². The fourth-order valence-electron chi connectivity index (χ4n) is 1.76. The molecule has 4 nitrogen and oxygen atoms in total. The van der Waals surface area contributed by atoms with Gasteiger partial charge in [-0.1, -0.05) is 23.7 Å². The first-order valence-electron chi connectivity index (χ1n) is 7.01. The number of halogens is 2. The van der Waals surface area contributed by atoms with Crippen molar-refractivity contribution in [3.63, 3.8) is 0 Å². The average Bonchev–Trinajstić information content (AvgIpc) is 2.43. The molecule has 0 aliphatic carbocycles. The molecule has 0 fully saturated rings. The van der Waals surface area contributed by atoms with Crippen molar-refractivity contribution in [1.29, 1.82) is 0 Å². The number of benzene rings is 1. The molecule has 6 heteroatoms. The first-order valence-corrected chi connectivity index (χ1v) is 7.39. The highest BCUT2D eigenvalue weighted by Crippen LogP contribution is 2.10. The van der Waals surface area contributed by atoms with Crippen molar-refractivity contribution in [3.8, 4) is 0 Å². The molecule has 0 saturated heterocycles. The maximum atomic E-state index is 5.97. The zero-order valence-corrected chi connectivity index (χ0v) is 15.8. The first kappa shape index (κ1) is 20.5. The molecule has 21 heavy (non-hydrogen) atoms. The van der Waals surface area contributed by atoms with Crippen LogP contribution in [0.2, 0.25) is 5.02 Å². The number of aliphatic imine (C=N–C) groups is 1. The first-order chi connectivity index (χ1) is 9.76. The number of guanidine groups is 1. The fourth-order valence-corrected chi connectivity index (χ4v) is 1.97. The lowest BCUT2D eigenvalue weighted by Gasteiger charge is -2.11. The van der Waals surface area contributed by atoms with Crippen LogP contribution in [0.15, 0.2) is 29.3 Å². The highest BCUT2D eigenvalue weighted by atomic mass is 127. The van der Waals surface area contributed by atoms with Gasteiger partial charge in [0.15, 0.2) is 5.96 Å². The van der Waals surface area contributed by atoms with Crippen LogP contribution in [0, 0.1) is 0 Å². The number of nitrogens with zero attached hydrogens (tertiary/aromatic N) is 1. The summed E-state index contributed by atoms with van der Waals surface area (Å²) in [4.78, 5) is 4.49. The van der Waals surface area contributed by atoms with Crippen LogP contribution >= 0.6 is 35.6 Å². The Morgan fingerprint density at radius 2 is 2.14 bits per heavy atom. The Kier molecular flexibility index (Phi) is 12.8. The Morgan fingerprint density at radius 3 is 2.81 bits per heavy atom. The van der Waals surface area contributed by atoms with Crippen LogP contribution in [0.3, 0.4) is 0 Å². The van der Waals surface area contributed by atoms with E-state index in [0.29, 0.717) is 0 Å².